The van der Waals surface area contributed by atoms with Crippen molar-refractivity contribution in [1.82, 2.24) is 4.90 Å². The van der Waals surface area contributed by atoms with Crippen molar-refractivity contribution >= 4 is 21.8 Å². The van der Waals surface area contributed by atoms with Gasteiger partial charge in [-0.25, -0.2) is 0 Å². The van der Waals surface area contributed by atoms with E-state index in [2.05, 4.69) is 0 Å². The quantitative estimate of drug-likeness (QED) is 0.653. The molecule has 1 unspecified atom stereocenters. The van der Waals surface area contributed by atoms with Crippen molar-refractivity contribution in [3.63, 3.8) is 0 Å². The maximum absolute atomic E-state index is 12.8. The lowest BCUT2D eigenvalue weighted by molar-refractivity contribution is -0.127. The molecule has 1 aliphatic heterocycles. The van der Waals surface area contributed by atoms with Gasteiger partial charge in [0, 0.05) is 25.2 Å². The van der Waals surface area contributed by atoms with Crippen molar-refractivity contribution in [2.24, 2.45) is 0 Å². The SMILES string of the molecule is Nc1ccc(CCN2CC(S(=O)(=O)F)CC2=O)cc1. The van der Waals surface area contributed by atoms with Gasteiger partial charge < -0.3 is 10.6 Å². The second-order valence-corrected chi connectivity index (χ2v) is 6.25. The van der Waals surface area contributed by atoms with Crippen LogP contribution >= 0.6 is 0 Å². The van der Waals surface area contributed by atoms with E-state index in [4.69, 9.17) is 5.73 Å². The number of carbonyl (C=O) groups is 1. The van der Waals surface area contributed by atoms with Crippen molar-refractivity contribution in [2.75, 3.05) is 18.8 Å². The standard InChI is InChI=1S/C12H15FN2O3S/c13-19(17,18)11-7-12(16)15(8-11)6-5-9-1-3-10(14)4-2-9/h1-4,11H,5-8,14H2. The van der Waals surface area contributed by atoms with E-state index in [0.29, 0.717) is 18.7 Å². The van der Waals surface area contributed by atoms with E-state index in [0.717, 1.165) is 5.56 Å². The lowest BCUT2D eigenvalue weighted by Gasteiger charge is -2.15. The summed E-state index contributed by atoms with van der Waals surface area (Å²) < 4.78 is 34.4. The van der Waals surface area contributed by atoms with E-state index in [9.17, 15) is 17.1 Å². The molecule has 2 N–H and O–H groups in total. The molecular formula is C12H15FN2O3S. The molecule has 1 saturated heterocycles. The summed E-state index contributed by atoms with van der Waals surface area (Å²) in [6, 6.07) is 7.21. The van der Waals surface area contributed by atoms with Crippen LogP contribution in [0.25, 0.3) is 0 Å². The molecule has 0 spiro atoms. The fourth-order valence-electron chi connectivity index (χ4n) is 2.09. The Morgan fingerprint density at radius 3 is 2.47 bits per heavy atom. The van der Waals surface area contributed by atoms with Crippen molar-refractivity contribution < 1.29 is 17.1 Å². The van der Waals surface area contributed by atoms with Gasteiger partial charge in [0.25, 0.3) is 0 Å². The Morgan fingerprint density at radius 1 is 1.32 bits per heavy atom. The molecular weight excluding hydrogens is 271 g/mol. The van der Waals surface area contributed by atoms with Gasteiger partial charge >= 0.3 is 10.2 Å². The van der Waals surface area contributed by atoms with Crippen LogP contribution in [0.15, 0.2) is 24.3 Å². The van der Waals surface area contributed by atoms with E-state index >= 15 is 0 Å². The highest BCUT2D eigenvalue weighted by Crippen LogP contribution is 2.20. The van der Waals surface area contributed by atoms with E-state index in [1.165, 1.54) is 4.90 Å². The molecule has 0 radical (unpaired) electrons. The normalized spacial score (nSPS) is 19.9. The average Bonchev–Trinajstić information content (AvgIpc) is 2.70. The van der Waals surface area contributed by atoms with Gasteiger partial charge in [0.2, 0.25) is 5.91 Å². The Hall–Kier alpha value is -1.63. The Balaban J connectivity index is 1.94. The first-order chi connectivity index (χ1) is 8.86. The molecule has 0 saturated carbocycles. The second-order valence-electron chi connectivity index (χ2n) is 4.63. The molecule has 19 heavy (non-hydrogen) atoms. The third-order valence-corrected chi connectivity index (χ3v) is 4.34. The minimum absolute atomic E-state index is 0.0629. The van der Waals surface area contributed by atoms with Gasteiger partial charge in [0.05, 0.1) is 0 Å². The number of benzene rings is 1. The van der Waals surface area contributed by atoms with Crippen LogP contribution in [-0.2, 0) is 21.4 Å². The van der Waals surface area contributed by atoms with Crippen LogP contribution in [0.1, 0.15) is 12.0 Å². The molecule has 7 heteroatoms. The summed E-state index contributed by atoms with van der Waals surface area (Å²) in [5.74, 6) is -0.318. The Labute approximate surface area is 111 Å². The van der Waals surface area contributed by atoms with Crippen LogP contribution in [-0.4, -0.2) is 37.6 Å². The van der Waals surface area contributed by atoms with Gasteiger partial charge in [-0.1, -0.05) is 12.1 Å². The first-order valence-corrected chi connectivity index (χ1v) is 7.36. The van der Waals surface area contributed by atoms with E-state index < -0.39 is 15.5 Å². The highest BCUT2D eigenvalue weighted by Gasteiger charge is 2.37. The predicted octanol–water partition coefficient (Wildman–Crippen LogP) is 0.711. The minimum Gasteiger partial charge on any atom is -0.399 e. The van der Waals surface area contributed by atoms with Gasteiger partial charge in [-0.05, 0) is 24.1 Å². The molecule has 5 nitrogen and oxygen atoms in total. The zero-order chi connectivity index (χ0) is 14.0. The summed E-state index contributed by atoms with van der Waals surface area (Å²) in [4.78, 5) is 13.0. The molecule has 1 aromatic rings. The maximum Gasteiger partial charge on any atom is 0.307 e. The third kappa shape index (κ3) is 3.44. The predicted molar refractivity (Wildman–Crippen MR) is 69.6 cm³/mol. The molecule has 2 rings (SSSR count). The molecule has 1 aromatic carbocycles. The van der Waals surface area contributed by atoms with Crippen LogP contribution in [0.3, 0.4) is 0 Å². The number of nitrogens with zero attached hydrogens (tertiary/aromatic N) is 1. The summed E-state index contributed by atoms with van der Waals surface area (Å²) in [5, 5.41) is -1.22. The number of hydrogen-bond donors (Lipinski definition) is 1. The van der Waals surface area contributed by atoms with Gasteiger partial charge in [-0.2, -0.15) is 8.42 Å². The highest BCUT2D eigenvalue weighted by atomic mass is 32.3. The Kier molecular flexibility index (Phi) is 3.75. The lowest BCUT2D eigenvalue weighted by Crippen LogP contribution is -2.29. The van der Waals surface area contributed by atoms with Crippen molar-refractivity contribution in [3.8, 4) is 0 Å². The van der Waals surface area contributed by atoms with Crippen LogP contribution in [0.5, 0.6) is 0 Å². The first-order valence-electron chi connectivity index (χ1n) is 5.92. The largest absolute Gasteiger partial charge is 0.399 e. The summed E-state index contributed by atoms with van der Waals surface area (Å²) in [6.45, 7) is 0.321. The van der Waals surface area contributed by atoms with Crippen molar-refractivity contribution in [3.05, 3.63) is 29.8 Å². The van der Waals surface area contributed by atoms with Crippen LogP contribution in [0.4, 0.5) is 9.57 Å². The van der Waals surface area contributed by atoms with Crippen LogP contribution in [0.2, 0.25) is 0 Å². The average molecular weight is 286 g/mol. The number of amides is 1. The fourth-order valence-corrected chi connectivity index (χ4v) is 2.79. The molecule has 1 fully saturated rings. The highest BCUT2D eigenvalue weighted by molar-refractivity contribution is 7.87. The number of likely N-dealkylation sites (tertiary alicyclic amines) is 1. The molecule has 104 valence electrons. The van der Waals surface area contributed by atoms with Gasteiger partial charge in [0.1, 0.15) is 5.25 Å². The van der Waals surface area contributed by atoms with Gasteiger partial charge in [-0.3, -0.25) is 4.79 Å². The van der Waals surface area contributed by atoms with E-state index in [1.54, 1.807) is 12.1 Å². The first kappa shape index (κ1) is 13.8. The van der Waals surface area contributed by atoms with Gasteiger partial charge in [-0.15, -0.1) is 3.89 Å². The summed E-state index contributed by atoms with van der Waals surface area (Å²) >= 11 is 0. The molecule has 0 bridgehead atoms. The molecule has 1 heterocycles. The molecule has 1 amide bonds. The summed E-state index contributed by atoms with van der Waals surface area (Å²) in [7, 11) is -4.64. The number of rotatable bonds is 4. The number of nitrogen functional groups attached to an aromatic ring is 1. The number of nitrogens with two attached hydrogens (primary N) is 1. The number of anilines is 1. The molecule has 0 aromatic heterocycles. The zero-order valence-electron chi connectivity index (χ0n) is 10.3. The van der Waals surface area contributed by atoms with Crippen LogP contribution in [0, 0.1) is 0 Å². The van der Waals surface area contributed by atoms with Crippen LogP contribution < -0.4 is 5.73 Å². The molecule has 1 atom stereocenters. The third-order valence-electron chi connectivity index (χ3n) is 3.23. The number of hydrogen-bond acceptors (Lipinski definition) is 4. The topological polar surface area (TPSA) is 80.5 Å². The van der Waals surface area contributed by atoms with E-state index in [1.807, 2.05) is 12.1 Å². The minimum atomic E-state index is -4.64. The van der Waals surface area contributed by atoms with Crippen molar-refractivity contribution in [2.45, 2.75) is 18.1 Å². The lowest BCUT2D eigenvalue weighted by atomic mass is 10.1. The zero-order valence-corrected chi connectivity index (χ0v) is 11.1. The monoisotopic (exact) mass is 286 g/mol. The molecule has 1 aliphatic rings. The Morgan fingerprint density at radius 2 is 1.95 bits per heavy atom. The smallest absolute Gasteiger partial charge is 0.307 e. The van der Waals surface area contributed by atoms with Crippen molar-refractivity contribution in [1.29, 1.82) is 0 Å². The number of halogens is 1. The number of carbonyl (C=O) groups excluding carboxylic acids is 1. The molecule has 0 aliphatic carbocycles. The maximum atomic E-state index is 12.8. The second kappa shape index (κ2) is 5.16. The fraction of sp³-hybridized carbons (Fsp3) is 0.417. The Bertz CT molecular complexity index is 571. The van der Waals surface area contributed by atoms with E-state index in [-0.39, 0.29) is 18.9 Å². The summed E-state index contributed by atoms with van der Waals surface area (Å²) in [6.07, 6.45) is 0.325. The van der Waals surface area contributed by atoms with Gasteiger partial charge in [0.15, 0.2) is 0 Å². The summed E-state index contributed by atoms with van der Waals surface area (Å²) in [5.41, 5.74) is 7.21.